The molecule has 56 valence electrons. The third kappa shape index (κ3) is 1.28. The van der Waals surface area contributed by atoms with Crippen molar-refractivity contribution < 1.29 is 9.47 Å². The SMILES string of the molecule is C=CCC1(C=C)OCCO1. The lowest BCUT2D eigenvalue weighted by molar-refractivity contribution is -0.112. The van der Waals surface area contributed by atoms with Gasteiger partial charge in [0.1, 0.15) is 0 Å². The fourth-order valence-corrected chi connectivity index (χ4v) is 0.991. The maximum absolute atomic E-state index is 5.32. The number of hydrogen-bond donors (Lipinski definition) is 0. The van der Waals surface area contributed by atoms with Gasteiger partial charge in [-0.1, -0.05) is 12.7 Å². The molecule has 1 aliphatic rings. The van der Waals surface area contributed by atoms with Gasteiger partial charge >= 0.3 is 0 Å². The summed E-state index contributed by atoms with van der Waals surface area (Å²) in [6, 6.07) is 0. The summed E-state index contributed by atoms with van der Waals surface area (Å²) in [5.74, 6) is -0.568. The molecule has 1 saturated heterocycles. The van der Waals surface area contributed by atoms with Crippen molar-refractivity contribution in [1.29, 1.82) is 0 Å². The zero-order chi connectivity index (χ0) is 7.45. The maximum Gasteiger partial charge on any atom is 0.191 e. The summed E-state index contributed by atoms with van der Waals surface area (Å²) < 4.78 is 10.6. The highest BCUT2D eigenvalue weighted by atomic mass is 16.7. The zero-order valence-corrected chi connectivity index (χ0v) is 6.01. The summed E-state index contributed by atoms with van der Waals surface area (Å²) in [6.45, 7) is 8.55. The van der Waals surface area contributed by atoms with E-state index in [9.17, 15) is 0 Å². The molecule has 0 unspecified atom stereocenters. The van der Waals surface area contributed by atoms with Crippen LogP contribution < -0.4 is 0 Å². The van der Waals surface area contributed by atoms with Gasteiger partial charge in [0.15, 0.2) is 5.79 Å². The minimum absolute atomic E-state index is 0.568. The summed E-state index contributed by atoms with van der Waals surface area (Å²) in [7, 11) is 0. The monoisotopic (exact) mass is 140 g/mol. The van der Waals surface area contributed by atoms with Crippen LogP contribution in [-0.4, -0.2) is 19.0 Å². The Morgan fingerprint density at radius 2 is 1.90 bits per heavy atom. The summed E-state index contributed by atoms with van der Waals surface area (Å²) in [5, 5.41) is 0. The van der Waals surface area contributed by atoms with Crippen molar-refractivity contribution >= 4 is 0 Å². The predicted octanol–water partition coefficient (Wildman–Crippen LogP) is 1.49. The largest absolute Gasteiger partial charge is 0.344 e. The molecule has 0 saturated carbocycles. The van der Waals surface area contributed by atoms with Crippen molar-refractivity contribution in [2.24, 2.45) is 0 Å². The first kappa shape index (κ1) is 7.51. The van der Waals surface area contributed by atoms with Crippen LogP contribution in [0.2, 0.25) is 0 Å². The maximum atomic E-state index is 5.32. The Bertz CT molecular complexity index is 134. The lowest BCUT2D eigenvalue weighted by atomic mass is 10.2. The molecule has 0 bridgehead atoms. The molecule has 1 heterocycles. The average Bonchev–Trinajstić information content (AvgIpc) is 2.39. The Kier molecular flexibility index (Phi) is 2.25. The van der Waals surface area contributed by atoms with Crippen LogP contribution in [0.5, 0.6) is 0 Å². The Labute approximate surface area is 61.1 Å². The fourth-order valence-electron chi connectivity index (χ4n) is 0.991. The Balaban J connectivity index is 2.57. The summed E-state index contributed by atoms with van der Waals surface area (Å²) >= 11 is 0. The first-order chi connectivity index (χ1) is 4.83. The number of rotatable bonds is 3. The van der Waals surface area contributed by atoms with Crippen LogP contribution in [0.1, 0.15) is 6.42 Å². The lowest BCUT2D eigenvalue weighted by Crippen LogP contribution is -2.25. The van der Waals surface area contributed by atoms with Crippen LogP contribution in [0.15, 0.2) is 25.3 Å². The van der Waals surface area contributed by atoms with Crippen LogP contribution in [0.4, 0.5) is 0 Å². The van der Waals surface area contributed by atoms with Crippen molar-refractivity contribution in [2.45, 2.75) is 12.2 Å². The van der Waals surface area contributed by atoms with Crippen molar-refractivity contribution in [3.63, 3.8) is 0 Å². The van der Waals surface area contributed by atoms with Gasteiger partial charge in [-0.25, -0.2) is 0 Å². The van der Waals surface area contributed by atoms with Crippen LogP contribution in [-0.2, 0) is 9.47 Å². The first-order valence-electron chi connectivity index (χ1n) is 3.35. The highest BCUT2D eigenvalue weighted by molar-refractivity contribution is 4.96. The normalized spacial score (nSPS) is 22.4. The van der Waals surface area contributed by atoms with E-state index < -0.39 is 5.79 Å². The molecule has 0 aliphatic carbocycles. The molecular formula is C8H12O2. The van der Waals surface area contributed by atoms with E-state index in [1.807, 2.05) is 0 Å². The Morgan fingerprint density at radius 3 is 2.30 bits per heavy atom. The quantitative estimate of drug-likeness (QED) is 0.553. The fraction of sp³-hybridized carbons (Fsp3) is 0.500. The first-order valence-corrected chi connectivity index (χ1v) is 3.35. The van der Waals surface area contributed by atoms with Gasteiger partial charge in [0.05, 0.1) is 13.2 Å². The van der Waals surface area contributed by atoms with Crippen LogP contribution in [0, 0.1) is 0 Å². The van der Waals surface area contributed by atoms with Crippen molar-refractivity contribution in [1.82, 2.24) is 0 Å². The van der Waals surface area contributed by atoms with E-state index in [0.29, 0.717) is 19.6 Å². The van der Waals surface area contributed by atoms with Gasteiger partial charge in [0.2, 0.25) is 0 Å². The molecule has 2 heteroatoms. The average molecular weight is 140 g/mol. The van der Waals surface area contributed by atoms with Gasteiger partial charge in [0, 0.05) is 6.42 Å². The van der Waals surface area contributed by atoms with Crippen molar-refractivity contribution in [3.8, 4) is 0 Å². The third-order valence-corrected chi connectivity index (χ3v) is 1.52. The van der Waals surface area contributed by atoms with Gasteiger partial charge < -0.3 is 9.47 Å². The minimum atomic E-state index is -0.568. The van der Waals surface area contributed by atoms with Crippen molar-refractivity contribution in [3.05, 3.63) is 25.3 Å². The molecule has 0 spiro atoms. The molecular weight excluding hydrogens is 128 g/mol. The van der Waals surface area contributed by atoms with Gasteiger partial charge in [-0.15, -0.1) is 6.58 Å². The smallest absolute Gasteiger partial charge is 0.191 e. The minimum Gasteiger partial charge on any atom is -0.344 e. The van der Waals surface area contributed by atoms with E-state index in [-0.39, 0.29) is 0 Å². The highest BCUT2D eigenvalue weighted by Gasteiger charge is 2.31. The number of ether oxygens (including phenoxy) is 2. The molecule has 0 aromatic carbocycles. The molecule has 0 aromatic heterocycles. The molecule has 1 fully saturated rings. The van der Waals surface area contributed by atoms with Crippen LogP contribution in [0.25, 0.3) is 0 Å². The van der Waals surface area contributed by atoms with Crippen molar-refractivity contribution in [2.75, 3.05) is 13.2 Å². The summed E-state index contributed by atoms with van der Waals surface area (Å²) in [4.78, 5) is 0. The van der Waals surface area contributed by atoms with E-state index in [1.165, 1.54) is 0 Å². The van der Waals surface area contributed by atoms with Gasteiger partial charge in [-0.2, -0.15) is 0 Å². The highest BCUT2D eigenvalue weighted by Crippen LogP contribution is 2.24. The van der Waals surface area contributed by atoms with Gasteiger partial charge in [-0.05, 0) is 6.08 Å². The molecule has 0 radical (unpaired) electrons. The van der Waals surface area contributed by atoms with Crippen LogP contribution in [0.3, 0.4) is 0 Å². The lowest BCUT2D eigenvalue weighted by Gasteiger charge is -2.20. The molecule has 0 aromatic rings. The zero-order valence-electron chi connectivity index (χ0n) is 6.01. The van der Waals surface area contributed by atoms with Gasteiger partial charge in [-0.3, -0.25) is 0 Å². The summed E-state index contributed by atoms with van der Waals surface area (Å²) in [6.07, 6.45) is 4.13. The molecule has 1 rings (SSSR count). The van der Waals surface area contributed by atoms with E-state index in [0.717, 1.165) is 0 Å². The molecule has 1 aliphatic heterocycles. The molecule has 0 atom stereocenters. The predicted molar refractivity (Wildman–Crippen MR) is 39.6 cm³/mol. The van der Waals surface area contributed by atoms with E-state index in [4.69, 9.17) is 9.47 Å². The third-order valence-electron chi connectivity index (χ3n) is 1.52. The molecule has 0 amide bonds. The topological polar surface area (TPSA) is 18.5 Å². The van der Waals surface area contributed by atoms with E-state index >= 15 is 0 Å². The Morgan fingerprint density at radius 1 is 1.30 bits per heavy atom. The van der Waals surface area contributed by atoms with Gasteiger partial charge in [0.25, 0.3) is 0 Å². The van der Waals surface area contributed by atoms with E-state index in [2.05, 4.69) is 13.2 Å². The molecule has 10 heavy (non-hydrogen) atoms. The van der Waals surface area contributed by atoms with Crippen LogP contribution >= 0.6 is 0 Å². The second-order valence-electron chi connectivity index (χ2n) is 2.21. The van der Waals surface area contributed by atoms with E-state index in [1.54, 1.807) is 12.2 Å². The summed E-state index contributed by atoms with van der Waals surface area (Å²) in [5.41, 5.74) is 0. The Hall–Kier alpha value is -0.600. The molecule has 0 N–H and O–H groups in total. The number of hydrogen-bond acceptors (Lipinski definition) is 2. The second kappa shape index (κ2) is 2.99. The molecule has 2 nitrogen and oxygen atoms in total. The second-order valence-corrected chi connectivity index (χ2v) is 2.21. The standard InChI is InChI=1S/C8H12O2/c1-3-5-8(4-2)9-6-7-10-8/h3-4H,1-2,5-7H2.